The minimum atomic E-state index is 0.0881. The van der Waals surface area contributed by atoms with Gasteiger partial charge in [-0.05, 0) is 30.2 Å². The molecule has 0 aliphatic heterocycles. The molecule has 0 heterocycles. The fourth-order valence-corrected chi connectivity index (χ4v) is 2.34. The molecule has 0 saturated heterocycles. The predicted molar refractivity (Wildman–Crippen MR) is 79.9 cm³/mol. The third-order valence-electron chi connectivity index (χ3n) is 3.04. The van der Waals surface area contributed by atoms with Crippen LogP contribution < -0.4 is 4.74 Å². The Labute approximate surface area is 121 Å². The molecule has 0 amide bonds. The molecule has 0 bridgehead atoms. The maximum Gasteiger partial charge on any atom is 0.167 e. The first-order valence-corrected chi connectivity index (χ1v) is 6.82. The number of halogens is 1. The van der Waals surface area contributed by atoms with Crippen LogP contribution in [0.1, 0.15) is 21.5 Å². The zero-order chi connectivity index (χ0) is 13.8. The van der Waals surface area contributed by atoms with E-state index in [2.05, 4.69) is 15.9 Å². The van der Waals surface area contributed by atoms with E-state index in [-0.39, 0.29) is 5.78 Å². The van der Waals surface area contributed by atoms with Gasteiger partial charge in [0.2, 0.25) is 0 Å². The largest absolute Gasteiger partial charge is 0.496 e. The molecule has 0 spiro atoms. The average molecular weight is 319 g/mol. The number of carbonyl (C=O) groups is 1. The Morgan fingerprint density at radius 2 is 1.95 bits per heavy atom. The second kappa shape index (κ2) is 6.02. The fourth-order valence-electron chi connectivity index (χ4n) is 1.91. The summed E-state index contributed by atoms with van der Waals surface area (Å²) >= 11 is 3.46. The van der Waals surface area contributed by atoms with E-state index in [1.54, 1.807) is 13.2 Å². The second-order valence-corrected chi connectivity index (χ2v) is 5.23. The Kier molecular flexibility index (Phi) is 4.38. The summed E-state index contributed by atoms with van der Waals surface area (Å²) in [6.07, 6.45) is 0.383. The molecular formula is C16H15BrO2. The van der Waals surface area contributed by atoms with Gasteiger partial charge < -0.3 is 4.74 Å². The maximum absolute atomic E-state index is 12.3. The first-order valence-electron chi connectivity index (χ1n) is 6.03. The fraction of sp³-hybridized carbons (Fsp3) is 0.188. The van der Waals surface area contributed by atoms with Crippen LogP contribution in [0.3, 0.4) is 0 Å². The number of hydrogen-bond acceptors (Lipinski definition) is 2. The Morgan fingerprint density at radius 1 is 1.21 bits per heavy atom. The number of hydrogen-bond donors (Lipinski definition) is 0. The van der Waals surface area contributed by atoms with Crippen LogP contribution in [0.5, 0.6) is 5.75 Å². The van der Waals surface area contributed by atoms with Crippen molar-refractivity contribution in [3.8, 4) is 5.75 Å². The van der Waals surface area contributed by atoms with E-state index in [9.17, 15) is 4.79 Å². The summed E-state index contributed by atoms with van der Waals surface area (Å²) in [5, 5.41) is 0. The first-order chi connectivity index (χ1) is 9.11. The van der Waals surface area contributed by atoms with Crippen molar-refractivity contribution in [2.75, 3.05) is 7.11 Å². The highest BCUT2D eigenvalue weighted by Crippen LogP contribution is 2.22. The molecule has 0 aliphatic rings. The minimum Gasteiger partial charge on any atom is -0.496 e. The van der Waals surface area contributed by atoms with Crippen molar-refractivity contribution in [3.05, 3.63) is 63.6 Å². The number of Topliss-reactive ketones (excluding diaryl/α,β-unsaturated/α-hetero) is 1. The monoisotopic (exact) mass is 318 g/mol. The lowest BCUT2D eigenvalue weighted by Crippen LogP contribution is -2.04. The highest BCUT2D eigenvalue weighted by atomic mass is 79.9. The van der Waals surface area contributed by atoms with Crippen molar-refractivity contribution in [3.63, 3.8) is 0 Å². The van der Waals surface area contributed by atoms with Crippen molar-refractivity contribution in [1.82, 2.24) is 0 Å². The van der Waals surface area contributed by atoms with Crippen LogP contribution in [0.15, 0.2) is 46.9 Å². The molecule has 0 radical (unpaired) electrons. The molecule has 0 unspecified atom stereocenters. The first kappa shape index (κ1) is 13.8. The summed E-state index contributed by atoms with van der Waals surface area (Å²) in [4.78, 5) is 12.3. The molecule has 98 valence electrons. The lowest BCUT2D eigenvalue weighted by atomic mass is 10.0. The van der Waals surface area contributed by atoms with Gasteiger partial charge in [0.25, 0.3) is 0 Å². The number of rotatable bonds is 4. The normalized spacial score (nSPS) is 10.3. The lowest BCUT2D eigenvalue weighted by Gasteiger charge is -2.08. The highest BCUT2D eigenvalue weighted by Gasteiger charge is 2.11. The molecule has 2 aromatic rings. The molecule has 3 heteroatoms. The molecule has 0 atom stereocenters. The second-order valence-electron chi connectivity index (χ2n) is 4.38. The molecule has 2 rings (SSSR count). The maximum atomic E-state index is 12.3. The van der Waals surface area contributed by atoms with Gasteiger partial charge in [-0.2, -0.15) is 0 Å². The van der Waals surface area contributed by atoms with Crippen LogP contribution in [0.4, 0.5) is 0 Å². The zero-order valence-electron chi connectivity index (χ0n) is 10.9. The number of benzene rings is 2. The summed E-state index contributed by atoms with van der Waals surface area (Å²) < 4.78 is 6.21. The van der Waals surface area contributed by atoms with E-state index in [1.165, 1.54) is 0 Å². The van der Waals surface area contributed by atoms with E-state index in [1.807, 2.05) is 43.3 Å². The lowest BCUT2D eigenvalue weighted by molar-refractivity contribution is 0.0992. The van der Waals surface area contributed by atoms with E-state index < -0.39 is 0 Å². The third kappa shape index (κ3) is 3.24. The summed E-state index contributed by atoms with van der Waals surface area (Å²) in [6.45, 7) is 1.96. The van der Waals surface area contributed by atoms with Crippen LogP contribution in [0.25, 0.3) is 0 Å². The van der Waals surface area contributed by atoms with Crippen molar-refractivity contribution in [2.24, 2.45) is 0 Å². The smallest absolute Gasteiger partial charge is 0.167 e. The van der Waals surface area contributed by atoms with Crippen LogP contribution in [0.2, 0.25) is 0 Å². The van der Waals surface area contributed by atoms with Crippen LogP contribution in [0, 0.1) is 6.92 Å². The van der Waals surface area contributed by atoms with Crippen LogP contribution >= 0.6 is 15.9 Å². The third-order valence-corrected chi connectivity index (χ3v) is 3.81. The molecule has 0 N–H and O–H groups in total. The van der Waals surface area contributed by atoms with Crippen molar-refractivity contribution in [2.45, 2.75) is 13.3 Å². The van der Waals surface area contributed by atoms with Gasteiger partial charge >= 0.3 is 0 Å². The summed E-state index contributed by atoms with van der Waals surface area (Å²) in [7, 11) is 1.62. The van der Waals surface area contributed by atoms with E-state index in [0.29, 0.717) is 12.0 Å². The zero-order valence-corrected chi connectivity index (χ0v) is 12.5. The summed E-state index contributed by atoms with van der Waals surface area (Å²) in [5.74, 6) is 0.836. The van der Waals surface area contributed by atoms with Gasteiger partial charge in [-0.3, -0.25) is 4.79 Å². The molecule has 0 saturated carbocycles. The number of ketones is 1. The number of methoxy groups -OCH3 is 1. The molecular weight excluding hydrogens is 304 g/mol. The van der Waals surface area contributed by atoms with E-state index in [4.69, 9.17) is 4.74 Å². The topological polar surface area (TPSA) is 26.3 Å². The van der Waals surface area contributed by atoms with Crippen molar-refractivity contribution >= 4 is 21.7 Å². The minimum absolute atomic E-state index is 0.0881. The molecule has 19 heavy (non-hydrogen) atoms. The SMILES string of the molecule is COc1cc(C(=O)Cc2ccccc2Br)ccc1C. The van der Waals surface area contributed by atoms with Gasteiger partial charge in [-0.25, -0.2) is 0 Å². The molecule has 0 fully saturated rings. The van der Waals surface area contributed by atoms with Gasteiger partial charge in [-0.15, -0.1) is 0 Å². The van der Waals surface area contributed by atoms with E-state index >= 15 is 0 Å². The Hall–Kier alpha value is -1.61. The van der Waals surface area contributed by atoms with Gasteiger partial charge in [0.05, 0.1) is 7.11 Å². The van der Waals surface area contributed by atoms with Gasteiger partial charge in [0.15, 0.2) is 5.78 Å². The van der Waals surface area contributed by atoms with Gasteiger partial charge in [-0.1, -0.05) is 46.3 Å². The standard InChI is InChI=1S/C16H15BrO2/c1-11-7-8-13(10-16(11)19-2)15(18)9-12-5-3-4-6-14(12)17/h3-8,10H,9H2,1-2H3. The number of aryl methyl sites for hydroxylation is 1. The number of ether oxygens (including phenoxy) is 1. The van der Waals surface area contributed by atoms with E-state index in [0.717, 1.165) is 21.3 Å². The predicted octanol–water partition coefficient (Wildman–Crippen LogP) is 4.19. The quantitative estimate of drug-likeness (QED) is 0.790. The Bertz CT molecular complexity index is 605. The number of carbonyl (C=O) groups excluding carboxylic acids is 1. The summed E-state index contributed by atoms with van der Waals surface area (Å²) in [5.41, 5.74) is 2.70. The Morgan fingerprint density at radius 3 is 2.63 bits per heavy atom. The van der Waals surface area contributed by atoms with Crippen molar-refractivity contribution < 1.29 is 9.53 Å². The van der Waals surface area contributed by atoms with Crippen LogP contribution in [-0.2, 0) is 6.42 Å². The molecule has 0 aromatic heterocycles. The average Bonchev–Trinajstić information content (AvgIpc) is 2.42. The van der Waals surface area contributed by atoms with Crippen LogP contribution in [-0.4, -0.2) is 12.9 Å². The molecule has 0 aliphatic carbocycles. The molecule has 2 nitrogen and oxygen atoms in total. The highest BCUT2D eigenvalue weighted by molar-refractivity contribution is 9.10. The van der Waals surface area contributed by atoms with Crippen molar-refractivity contribution in [1.29, 1.82) is 0 Å². The van der Waals surface area contributed by atoms with Gasteiger partial charge in [0, 0.05) is 16.5 Å². The summed E-state index contributed by atoms with van der Waals surface area (Å²) in [6, 6.07) is 13.3. The molecule has 2 aromatic carbocycles. The van der Waals surface area contributed by atoms with Gasteiger partial charge in [0.1, 0.15) is 5.75 Å². The Balaban J connectivity index is 2.23.